The Labute approximate surface area is 198 Å². The lowest BCUT2D eigenvalue weighted by Gasteiger charge is -2.23. The van der Waals surface area contributed by atoms with E-state index >= 15 is 0 Å². The molecule has 1 atom stereocenters. The van der Waals surface area contributed by atoms with Gasteiger partial charge in [-0.05, 0) is 58.6 Å². The maximum atomic E-state index is 13.2. The van der Waals surface area contributed by atoms with Gasteiger partial charge in [-0.25, -0.2) is 9.59 Å². The van der Waals surface area contributed by atoms with Crippen LogP contribution in [0, 0.1) is 0 Å². The van der Waals surface area contributed by atoms with Gasteiger partial charge in [0.15, 0.2) is 5.58 Å². The monoisotopic (exact) mass is 468 g/mol. The van der Waals surface area contributed by atoms with Crippen LogP contribution in [0.15, 0.2) is 57.7 Å². The first-order valence-corrected chi connectivity index (χ1v) is 11.1. The van der Waals surface area contributed by atoms with Crippen molar-refractivity contribution in [2.24, 2.45) is 0 Å². The number of ether oxygens (including phenoxy) is 1. The van der Waals surface area contributed by atoms with E-state index < -0.39 is 29.4 Å². The highest BCUT2D eigenvalue weighted by molar-refractivity contribution is 5.98. The number of nitrogens with zero attached hydrogens (tertiary/aromatic N) is 2. The number of aromatic nitrogens is 1. The molecule has 9 nitrogen and oxygen atoms in total. The van der Waals surface area contributed by atoms with Gasteiger partial charge in [-0.1, -0.05) is 30.3 Å². The maximum absolute atomic E-state index is 13.2. The van der Waals surface area contributed by atoms with Crippen LogP contribution in [0.4, 0.5) is 10.5 Å². The molecule has 1 aromatic heterocycles. The summed E-state index contributed by atoms with van der Waals surface area (Å²) in [5.74, 6) is -0.853. The number of amides is 2. The summed E-state index contributed by atoms with van der Waals surface area (Å²) in [7, 11) is 3.84. The minimum absolute atomic E-state index is 0.285. The number of carbonyl (C=O) groups excluding carboxylic acids is 2. The predicted molar refractivity (Wildman–Crippen MR) is 131 cm³/mol. The molecule has 3 rings (SSSR count). The average molecular weight is 469 g/mol. The first-order valence-electron chi connectivity index (χ1n) is 11.1. The van der Waals surface area contributed by atoms with Gasteiger partial charge in [0.05, 0.1) is 5.52 Å². The van der Waals surface area contributed by atoms with Crippen molar-refractivity contribution in [3.63, 3.8) is 0 Å². The van der Waals surface area contributed by atoms with Crippen molar-refractivity contribution in [1.29, 1.82) is 0 Å². The largest absolute Gasteiger partial charge is 0.444 e. The number of hydrogen-bond acceptors (Lipinski definition) is 6. The number of nitrogens with one attached hydrogen (secondary N) is 2. The van der Waals surface area contributed by atoms with Gasteiger partial charge in [-0.3, -0.25) is 9.36 Å². The molecule has 0 fully saturated rings. The molecule has 9 heteroatoms. The molecule has 2 aromatic carbocycles. The van der Waals surface area contributed by atoms with Crippen LogP contribution in [-0.4, -0.2) is 53.8 Å². The van der Waals surface area contributed by atoms with Crippen LogP contribution in [0.5, 0.6) is 0 Å². The number of carbonyl (C=O) groups is 2. The first kappa shape index (κ1) is 25.0. The molecule has 182 valence electrons. The molecule has 1 heterocycles. The highest BCUT2D eigenvalue weighted by Gasteiger charge is 2.25. The Morgan fingerprint density at radius 3 is 2.47 bits per heavy atom. The second kappa shape index (κ2) is 10.6. The molecule has 2 amide bonds. The summed E-state index contributed by atoms with van der Waals surface area (Å²) in [5.41, 5.74) is 1.71. The van der Waals surface area contributed by atoms with Crippen LogP contribution in [0.1, 0.15) is 26.3 Å². The fraction of sp³-hybridized carbons (Fsp3) is 0.400. The van der Waals surface area contributed by atoms with Crippen molar-refractivity contribution >= 4 is 28.8 Å². The summed E-state index contributed by atoms with van der Waals surface area (Å²) in [6.07, 6.45) is -0.390. The molecule has 0 bridgehead atoms. The summed E-state index contributed by atoms with van der Waals surface area (Å²) in [6.45, 7) is 6.38. The highest BCUT2D eigenvalue weighted by Crippen LogP contribution is 2.19. The van der Waals surface area contributed by atoms with Gasteiger partial charge in [0.1, 0.15) is 11.6 Å². The Hall–Kier alpha value is -3.59. The predicted octanol–water partition coefficient (Wildman–Crippen LogP) is 3.23. The van der Waals surface area contributed by atoms with E-state index in [1.165, 1.54) is 4.57 Å². The molecular formula is C25H32N4O5. The number of benzene rings is 2. The molecule has 0 aliphatic rings. The third-order valence-electron chi connectivity index (χ3n) is 5.00. The number of oxazole rings is 1. The van der Waals surface area contributed by atoms with Crippen molar-refractivity contribution in [3.05, 3.63) is 64.6 Å². The zero-order chi connectivity index (χ0) is 24.9. The van der Waals surface area contributed by atoms with E-state index in [0.717, 1.165) is 5.56 Å². The third-order valence-corrected chi connectivity index (χ3v) is 5.00. The van der Waals surface area contributed by atoms with Crippen LogP contribution in [0.25, 0.3) is 11.1 Å². The van der Waals surface area contributed by atoms with Crippen LogP contribution >= 0.6 is 0 Å². The second-order valence-corrected chi connectivity index (χ2v) is 9.38. The van der Waals surface area contributed by atoms with Crippen molar-refractivity contribution in [2.45, 2.75) is 45.4 Å². The van der Waals surface area contributed by atoms with Crippen molar-refractivity contribution in [1.82, 2.24) is 14.8 Å². The number of alkyl carbamates (subject to hydrolysis) is 1. The average Bonchev–Trinajstić information content (AvgIpc) is 3.05. The maximum Gasteiger partial charge on any atom is 0.419 e. The van der Waals surface area contributed by atoms with E-state index in [0.29, 0.717) is 29.9 Å². The summed E-state index contributed by atoms with van der Waals surface area (Å²) < 4.78 is 12.2. The van der Waals surface area contributed by atoms with Gasteiger partial charge in [0.25, 0.3) is 0 Å². The van der Waals surface area contributed by atoms with Gasteiger partial charge in [-0.2, -0.15) is 0 Å². The fourth-order valence-electron chi connectivity index (χ4n) is 3.39. The zero-order valence-corrected chi connectivity index (χ0v) is 20.3. The molecule has 0 aliphatic carbocycles. The summed E-state index contributed by atoms with van der Waals surface area (Å²) in [6, 6.07) is 13.5. The van der Waals surface area contributed by atoms with Gasteiger partial charge in [0.2, 0.25) is 5.91 Å². The Balaban J connectivity index is 1.82. The molecule has 34 heavy (non-hydrogen) atoms. The van der Waals surface area contributed by atoms with Crippen LogP contribution in [0.2, 0.25) is 0 Å². The van der Waals surface area contributed by atoms with Crippen LogP contribution in [0.3, 0.4) is 0 Å². The summed E-state index contributed by atoms with van der Waals surface area (Å²) in [5, 5.41) is 5.52. The second-order valence-electron chi connectivity index (χ2n) is 9.38. The summed E-state index contributed by atoms with van der Waals surface area (Å²) >= 11 is 0. The number of hydrogen-bond donors (Lipinski definition) is 2. The smallest absolute Gasteiger partial charge is 0.419 e. The Kier molecular flexibility index (Phi) is 7.78. The van der Waals surface area contributed by atoms with E-state index in [-0.39, 0.29) is 6.42 Å². The van der Waals surface area contributed by atoms with E-state index in [2.05, 4.69) is 10.6 Å². The van der Waals surface area contributed by atoms with Gasteiger partial charge in [0, 0.05) is 25.2 Å². The van der Waals surface area contributed by atoms with Crippen molar-refractivity contribution < 1.29 is 18.7 Å². The van der Waals surface area contributed by atoms with E-state index in [9.17, 15) is 14.4 Å². The lowest BCUT2D eigenvalue weighted by Crippen LogP contribution is -2.47. The van der Waals surface area contributed by atoms with Gasteiger partial charge < -0.3 is 24.7 Å². The Morgan fingerprint density at radius 2 is 1.82 bits per heavy atom. The molecule has 0 aliphatic heterocycles. The van der Waals surface area contributed by atoms with Gasteiger partial charge in [-0.15, -0.1) is 0 Å². The minimum atomic E-state index is -0.867. The molecule has 3 aromatic rings. The zero-order valence-electron chi connectivity index (χ0n) is 20.3. The van der Waals surface area contributed by atoms with E-state index in [1.54, 1.807) is 39.0 Å². The van der Waals surface area contributed by atoms with Crippen LogP contribution < -0.4 is 16.4 Å². The fourth-order valence-corrected chi connectivity index (χ4v) is 3.39. The third kappa shape index (κ3) is 6.95. The standard InChI is InChI=1S/C25H32N4O5/c1-25(2,3)34-23(31)27-19(15-17-9-7-6-8-10-17)22(30)26-18-11-12-21-20(16-18)29(24(32)33-21)14-13-28(4)5/h6-12,16,19H,13-15H2,1-5H3,(H,26,30)(H,27,31). The lowest BCUT2D eigenvalue weighted by molar-refractivity contribution is -0.118. The van der Waals surface area contributed by atoms with Crippen LogP contribution in [-0.2, 0) is 22.5 Å². The molecule has 2 N–H and O–H groups in total. The molecule has 0 radical (unpaired) electrons. The molecule has 0 spiro atoms. The lowest BCUT2D eigenvalue weighted by atomic mass is 10.1. The quantitative estimate of drug-likeness (QED) is 0.526. The normalized spacial score (nSPS) is 12.5. The molecule has 0 saturated carbocycles. The topological polar surface area (TPSA) is 106 Å². The van der Waals surface area contributed by atoms with Gasteiger partial charge >= 0.3 is 11.8 Å². The Morgan fingerprint density at radius 1 is 1.12 bits per heavy atom. The first-order chi connectivity index (χ1) is 16.0. The molecular weight excluding hydrogens is 436 g/mol. The van der Waals surface area contributed by atoms with Crippen molar-refractivity contribution in [2.75, 3.05) is 26.0 Å². The number of fused-ring (bicyclic) bond motifs is 1. The molecule has 1 unspecified atom stereocenters. The number of likely N-dealkylation sites (N-methyl/N-ethyl adjacent to an activating group) is 1. The number of anilines is 1. The van der Waals surface area contributed by atoms with E-state index in [4.69, 9.17) is 9.15 Å². The van der Waals surface area contributed by atoms with Crippen molar-refractivity contribution in [3.8, 4) is 0 Å². The number of rotatable bonds is 8. The van der Waals surface area contributed by atoms with E-state index in [1.807, 2.05) is 49.3 Å². The SMILES string of the molecule is CN(C)CCn1c(=O)oc2ccc(NC(=O)C(Cc3ccccc3)NC(=O)OC(C)(C)C)cc21. The Bertz CT molecular complexity index is 1190. The minimum Gasteiger partial charge on any atom is -0.444 e. The molecule has 0 saturated heterocycles. The highest BCUT2D eigenvalue weighted by atomic mass is 16.6. The summed E-state index contributed by atoms with van der Waals surface area (Å²) in [4.78, 5) is 39.8.